The smallest absolute Gasteiger partial charge is 0.407 e. The largest absolute Gasteiger partial charge is 0.444 e. The van der Waals surface area contributed by atoms with Crippen LogP contribution < -0.4 is 10.6 Å². The standard InChI is InChI=1S/C11H22N2O2/c1-11(2,3)15-10(14)13-9-6-4-5-7-12-8-9/h9,12H,4-8H2,1-3H3,(H,13,14). The van der Waals surface area contributed by atoms with Gasteiger partial charge in [-0.1, -0.05) is 6.42 Å². The third kappa shape index (κ3) is 5.62. The number of hydrogen-bond donors (Lipinski definition) is 2. The molecule has 15 heavy (non-hydrogen) atoms. The van der Waals surface area contributed by atoms with Crippen molar-refractivity contribution < 1.29 is 9.53 Å². The van der Waals surface area contributed by atoms with Crippen LogP contribution in [0.4, 0.5) is 4.79 Å². The molecule has 1 aliphatic heterocycles. The number of carbonyl (C=O) groups is 1. The van der Waals surface area contributed by atoms with Crippen molar-refractivity contribution in [2.24, 2.45) is 0 Å². The predicted molar refractivity (Wildman–Crippen MR) is 59.9 cm³/mol. The zero-order chi connectivity index (χ0) is 11.3. The van der Waals surface area contributed by atoms with Crippen LogP contribution in [0.3, 0.4) is 0 Å². The quantitative estimate of drug-likeness (QED) is 0.698. The third-order valence-electron chi connectivity index (χ3n) is 2.27. The van der Waals surface area contributed by atoms with E-state index in [1.54, 1.807) is 0 Å². The minimum Gasteiger partial charge on any atom is -0.444 e. The molecule has 1 atom stereocenters. The normalized spacial score (nSPS) is 23.0. The summed E-state index contributed by atoms with van der Waals surface area (Å²) in [6, 6.07) is 0.211. The molecule has 1 unspecified atom stereocenters. The minimum atomic E-state index is -0.414. The molecule has 0 saturated carbocycles. The first kappa shape index (κ1) is 12.3. The lowest BCUT2D eigenvalue weighted by atomic mass is 10.1. The predicted octanol–water partition coefficient (Wildman–Crippen LogP) is 1.65. The second kappa shape index (κ2) is 5.35. The first-order valence-electron chi connectivity index (χ1n) is 5.67. The molecule has 2 N–H and O–H groups in total. The van der Waals surface area contributed by atoms with Crippen LogP contribution in [0.2, 0.25) is 0 Å². The van der Waals surface area contributed by atoms with Crippen molar-refractivity contribution in [1.29, 1.82) is 0 Å². The Kier molecular flexibility index (Phi) is 4.39. The van der Waals surface area contributed by atoms with Crippen molar-refractivity contribution >= 4 is 6.09 Å². The lowest BCUT2D eigenvalue weighted by Crippen LogP contribution is -2.43. The van der Waals surface area contributed by atoms with Gasteiger partial charge in [-0.05, 0) is 40.2 Å². The lowest BCUT2D eigenvalue weighted by molar-refractivity contribution is 0.0503. The SMILES string of the molecule is CC(C)(C)OC(=O)NC1CCCCNC1. The molecule has 0 aromatic carbocycles. The van der Waals surface area contributed by atoms with Crippen LogP contribution in [0.15, 0.2) is 0 Å². The van der Waals surface area contributed by atoms with E-state index < -0.39 is 5.60 Å². The summed E-state index contributed by atoms with van der Waals surface area (Å²) in [4.78, 5) is 11.5. The highest BCUT2D eigenvalue weighted by Crippen LogP contribution is 2.08. The van der Waals surface area contributed by atoms with Crippen molar-refractivity contribution in [3.63, 3.8) is 0 Å². The third-order valence-corrected chi connectivity index (χ3v) is 2.27. The monoisotopic (exact) mass is 214 g/mol. The van der Waals surface area contributed by atoms with Gasteiger partial charge in [0.1, 0.15) is 5.60 Å². The van der Waals surface area contributed by atoms with Gasteiger partial charge in [-0.25, -0.2) is 4.79 Å². The molecule has 1 amide bonds. The first-order valence-corrected chi connectivity index (χ1v) is 5.67. The summed E-state index contributed by atoms with van der Waals surface area (Å²) in [6.07, 6.45) is 3.07. The maximum Gasteiger partial charge on any atom is 0.407 e. The molecule has 0 spiro atoms. The van der Waals surface area contributed by atoms with E-state index in [0.717, 1.165) is 25.9 Å². The molecule has 4 nitrogen and oxygen atoms in total. The molecule has 0 aromatic rings. The molecular weight excluding hydrogens is 192 g/mol. The van der Waals surface area contributed by atoms with E-state index in [9.17, 15) is 4.79 Å². The van der Waals surface area contributed by atoms with Crippen molar-refractivity contribution in [2.75, 3.05) is 13.1 Å². The fourth-order valence-corrected chi connectivity index (χ4v) is 1.62. The van der Waals surface area contributed by atoms with Gasteiger partial charge in [0, 0.05) is 12.6 Å². The van der Waals surface area contributed by atoms with Crippen LogP contribution in [0, 0.1) is 0 Å². The van der Waals surface area contributed by atoms with E-state index in [-0.39, 0.29) is 12.1 Å². The fourth-order valence-electron chi connectivity index (χ4n) is 1.62. The molecule has 0 bridgehead atoms. The number of ether oxygens (including phenoxy) is 1. The summed E-state index contributed by atoms with van der Waals surface area (Å²) in [7, 11) is 0. The first-order chi connectivity index (χ1) is 6.97. The number of alkyl carbamates (subject to hydrolysis) is 1. The Hall–Kier alpha value is -0.770. The van der Waals surface area contributed by atoms with Crippen LogP contribution in [-0.2, 0) is 4.74 Å². The van der Waals surface area contributed by atoms with E-state index >= 15 is 0 Å². The second-order valence-corrected chi connectivity index (χ2v) is 5.04. The molecule has 1 rings (SSSR count). The zero-order valence-electron chi connectivity index (χ0n) is 9.93. The molecule has 1 heterocycles. The van der Waals surface area contributed by atoms with Gasteiger partial charge < -0.3 is 15.4 Å². The number of hydrogen-bond acceptors (Lipinski definition) is 3. The summed E-state index contributed by atoms with van der Waals surface area (Å²) in [5.41, 5.74) is -0.414. The molecule has 4 heteroatoms. The van der Waals surface area contributed by atoms with Gasteiger partial charge in [-0.2, -0.15) is 0 Å². The van der Waals surface area contributed by atoms with E-state index in [1.807, 2.05) is 20.8 Å². The summed E-state index contributed by atoms with van der Waals surface area (Å²) in [6.45, 7) is 7.51. The van der Waals surface area contributed by atoms with Gasteiger partial charge in [-0.15, -0.1) is 0 Å². The number of rotatable bonds is 1. The van der Waals surface area contributed by atoms with Crippen molar-refractivity contribution in [3.8, 4) is 0 Å². The topological polar surface area (TPSA) is 50.4 Å². The summed E-state index contributed by atoms with van der Waals surface area (Å²) in [5, 5.41) is 6.19. The zero-order valence-corrected chi connectivity index (χ0v) is 9.93. The maximum absolute atomic E-state index is 11.5. The molecule has 88 valence electrons. The Morgan fingerprint density at radius 1 is 1.40 bits per heavy atom. The molecule has 1 aliphatic rings. The van der Waals surface area contributed by atoms with Crippen LogP contribution >= 0.6 is 0 Å². The highest BCUT2D eigenvalue weighted by atomic mass is 16.6. The molecule has 0 aromatic heterocycles. The lowest BCUT2D eigenvalue weighted by Gasteiger charge is -2.22. The van der Waals surface area contributed by atoms with Crippen molar-refractivity contribution in [2.45, 2.75) is 51.7 Å². The van der Waals surface area contributed by atoms with Gasteiger partial charge in [-0.3, -0.25) is 0 Å². The second-order valence-electron chi connectivity index (χ2n) is 5.04. The number of nitrogens with one attached hydrogen (secondary N) is 2. The van der Waals surface area contributed by atoms with E-state index in [0.29, 0.717) is 0 Å². The molecule has 0 aliphatic carbocycles. The van der Waals surface area contributed by atoms with Gasteiger partial charge in [0.15, 0.2) is 0 Å². The average molecular weight is 214 g/mol. The van der Waals surface area contributed by atoms with Crippen LogP contribution in [-0.4, -0.2) is 30.8 Å². The van der Waals surface area contributed by atoms with Gasteiger partial charge in [0.2, 0.25) is 0 Å². The Balaban J connectivity index is 2.30. The Morgan fingerprint density at radius 3 is 2.80 bits per heavy atom. The van der Waals surface area contributed by atoms with Crippen LogP contribution in [0.25, 0.3) is 0 Å². The highest BCUT2D eigenvalue weighted by molar-refractivity contribution is 5.68. The Labute approximate surface area is 91.8 Å². The van der Waals surface area contributed by atoms with E-state index in [1.165, 1.54) is 6.42 Å². The number of carbonyl (C=O) groups excluding carboxylic acids is 1. The van der Waals surface area contributed by atoms with E-state index in [2.05, 4.69) is 10.6 Å². The van der Waals surface area contributed by atoms with Crippen LogP contribution in [0.5, 0.6) is 0 Å². The molecule has 0 radical (unpaired) electrons. The van der Waals surface area contributed by atoms with Gasteiger partial charge in [0.05, 0.1) is 0 Å². The summed E-state index contributed by atoms with van der Waals surface area (Å²) in [5.74, 6) is 0. The molecular formula is C11H22N2O2. The minimum absolute atomic E-state index is 0.211. The molecule has 1 saturated heterocycles. The van der Waals surface area contributed by atoms with E-state index in [4.69, 9.17) is 4.74 Å². The summed E-state index contributed by atoms with van der Waals surface area (Å²) < 4.78 is 5.20. The summed E-state index contributed by atoms with van der Waals surface area (Å²) >= 11 is 0. The molecule has 1 fully saturated rings. The van der Waals surface area contributed by atoms with Crippen LogP contribution in [0.1, 0.15) is 40.0 Å². The number of amides is 1. The van der Waals surface area contributed by atoms with Crippen molar-refractivity contribution in [3.05, 3.63) is 0 Å². The average Bonchev–Trinajstić information content (AvgIpc) is 2.28. The Morgan fingerprint density at radius 2 is 2.13 bits per heavy atom. The maximum atomic E-state index is 11.5. The Bertz CT molecular complexity index is 203. The fraction of sp³-hybridized carbons (Fsp3) is 0.909. The van der Waals surface area contributed by atoms with Gasteiger partial charge in [0.25, 0.3) is 0 Å². The van der Waals surface area contributed by atoms with Gasteiger partial charge >= 0.3 is 6.09 Å². The van der Waals surface area contributed by atoms with Crippen molar-refractivity contribution in [1.82, 2.24) is 10.6 Å². The highest BCUT2D eigenvalue weighted by Gasteiger charge is 2.19.